The van der Waals surface area contributed by atoms with E-state index < -0.39 is 5.91 Å². The van der Waals surface area contributed by atoms with Gasteiger partial charge in [0.15, 0.2) is 5.76 Å². The third kappa shape index (κ3) is 4.58. The number of benzene rings is 2. The van der Waals surface area contributed by atoms with Crippen LogP contribution in [0.25, 0.3) is 11.0 Å². The van der Waals surface area contributed by atoms with Crippen LogP contribution in [0.5, 0.6) is 5.75 Å². The van der Waals surface area contributed by atoms with Gasteiger partial charge in [0.05, 0.1) is 13.3 Å². The summed E-state index contributed by atoms with van der Waals surface area (Å²) in [5.74, 6) is 0.863. The number of hydrogen-bond acceptors (Lipinski definition) is 5. The molecule has 1 unspecified atom stereocenters. The van der Waals surface area contributed by atoms with E-state index in [2.05, 4.69) is 55.3 Å². The molecule has 1 atom stereocenters. The minimum Gasteiger partial charge on any atom is -0.496 e. The van der Waals surface area contributed by atoms with E-state index in [9.17, 15) is 4.79 Å². The van der Waals surface area contributed by atoms with Gasteiger partial charge in [-0.3, -0.25) is 4.79 Å². The quantitative estimate of drug-likeness (QED) is 0.338. The Morgan fingerprint density at radius 3 is 2.85 bits per heavy atom. The molecule has 0 spiro atoms. The molecule has 174 valence electrons. The first kappa shape index (κ1) is 23.2. The van der Waals surface area contributed by atoms with Crippen molar-refractivity contribution in [3.63, 3.8) is 0 Å². The van der Waals surface area contributed by atoms with Gasteiger partial charge in [-0.25, -0.2) is 5.43 Å². The number of fused-ring (bicyclic) bond motifs is 2. The van der Waals surface area contributed by atoms with E-state index in [0.717, 1.165) is 36.1 Å². The van der Waals surface area contributed by atoms with E-state index >= 15 is 0 Å². The lowest BCUT2D eigenvalue weighted by Crippen LogP contribution is -2.48. The van der Waals surface area contributed by atoms with Gasteiger partial charge >= 0.3 is 5.91 Å². The molecule has 2 aromatic carbocycles. The lowest BCUT2D eigenvalue weighted by molar-refractivity contribution is 0.0929. The molecule has 0 aliphatic carbocycles. The van der Waals surface area contributed by atoms with E-state index in [4.69, 9.17) is 20.8 Å². The number of rotatable bonds is 6. The Morgan fingerprint density at radius 1 is 1.33 bits per heavy atom. The zero-order valence-electron chi connectivity index (χ0n) is 19.7. The Labute approximate surface area is 199 Å². The molecule has 33 heavy (non-hydrogen) atoms. The van der Waals surface area contributed by atoms with Crippen LogP contribution in [0.2, 0.25) is 5.02 Å². The molecule has 1 aliphatic heterocycles. The smallest absolute Gasteiger partial charge is 0.307 e. The number of methoxy groups -OCH3 is 1. The molecule has 0 saturated carbocycles. The summed E-state index contributed by atoms with van der Waals surface area (Å²) < 4.78 is 11.3. The van der Waals surface area contributed by atoms with Crippen LogP contribution in [0.3, 0.4) is 0 Å². The van der Waals surface area contributed by atoms with E-state index in [0.29, 0.717) is 16.5 Å². The molecule has 7 heteroatoms. The maximum Gasteiger partial charge on any atom is 0.307 e. The van der Waals surface area contributed by atoms with Crippen LogP contribution >= 0.6 is 11.6 Å². The van der Waals surface area contributed by atoms with Crippen LogP contribution in [0.4, 0.5) is 5.69 Å². The van der Waals surface area contributed by atoms with Crippen molar-refractivity contribution in [2.45, 2.75) is 52.0 Å². The molecule has 2 heterocycles. The average molecular weight is 468 g/mol. The number of hydrogen-bond donors (Lipinski definition) is 1. The second-order valence-electron chi connectivity index (χ2n) is 9.21. The van der Waals surface area contributed by atoms with Gasteiger partial charge in [0, 0.05) is 39.8 Å². The van der Waals surface area contributed by atoms with Crippen LogP contribution in [0, 0.1) is 0 Å². The third-order valence-corrected chi connectivity index (χ3v) is 6.49. The maximum absolute atomic E-state index is 12.5. The lowest BCUT2D eigenvalue weighted by atomic mass is 9.79. The number of hydrazone groups is 1. The number of carbonyl (C=O) groups excluding carboxylic acids is 1. The normalized spacial score (nSPS) is 17.4. The van der Waals surface area contributed by atoms with Crippen LogP contribution in [0.15, 0.2) is 45.9 Å². The molecule has 0 bridgehead atoms. The number of halogens is 1. The van der Waals surface area contributed by atoms with Crippen LogP contribution in [0.1, 0.15) is 68.1 Å². The highest BCUT2D eigenvalue weighted by Crippen LogP contribution is 2.45. The van der Waals surface area contributed by atoms with Crippen molar-refractivity contribution in [3.8, 4) is 5.75 Å². The number of carbonyl (C=O) groups is 1. The van der Waals surface area contributed by atoms with Crippen molar-refractivity contribution >= 4 is 40.4 Å². The Balaban J connectivity index is 1.58. The van der Waals surface area contributed by atoms with Gasteiger partial charge in [0.2, 0.25) is 0 Å². The van der Waals surface area contributed by atoms with Gasteiger partial charge in [-0.05, 0) is 68.5 Å². The Kier molecular flexibility index (Phi) is 6.39. The highest BCUT2D eigenvalue weighted by molar-refractivity contribution is 6.31. The highest BCUT2D eigenvalue weighted by atomic mass is 35.5. The highest BCUT2D eigenvalue weighted by Gasteiger charge is 2.36. The maximum atomic E-state index is 12.5. The fraction of sp³-hybridized carbons (Fsp3) is 0.385. The first-order chi connectivity index (χ1) is 15.7. The fourth-order valence-corrected chi connectivity index (χ4v) is 4.97. The summed E-state index contributed by atoms with van der Waals surface area (Å²) in [4.78, 5) is 15.0. The molecule has 3 aromatic rings. The monoisotopic (exact) mass is 467 g/mol. The lowest BCUT2D eigenvalue weighted by Gasteiger charge is -2.47. The SMILES string of the molecule is CCCN1c2cc(OC)c(/C=N\NC(=O)c3cc4cc(Cl)ccc4o3)cc2C(C)CC1(C)C. The predicted octanol–water partition coefficient (Wildman–Crippen LogP) is 6.36. The molecular weight excluding hydrogens is 438 g/mol. The topological polar surface area (TPSA) is 67.1 Å². The minimum atomic E-state index is -0.431. The standard InChI is InChI=1S/C26H30ClN3O3/c1-6-9-30-21-13-23(32-5)18(11-20(21)16(2)14-26(30,3)4)15-28-29-25(31)24-12-17-10-19(27)7-8-22(17)33-24/h7-8,10-13,15-16H,6,9,14H2,1-5H3,(H,29,31)/b28-15-. The van der Waals surface area contributed by atoms with Gasteiger partial charge in [-0.15, -0.1) is 0 Å². The van der Waals surface area contributed by atoms with Gasteiger partial charge in [0.1, 0.15) is 11.3 Å². The molecule has 1 aromatic heterocycles. The van der Waals surface area contributed by atoms with Crippen molar-refractivity contribution in [3.05, 3.63) is 58.3 Å². The molecule has 0 radical (unpaired) electrons. The molecule has 4 rings (SSSR count). The Hall–Kier alpha value is -2.99. The molecule has 1 aliphatic rings. The van der Waals surface area contributed by atoms with E-state index in [1.54, 1.807) is 37.6 Å². The predicted molar refractivity (Wildman–Crippen MR) is 134 cm³/mol. The van der Waals surface area contributed by atoms with E-state index in [-0.39, 0.29) is 11.3 Å². The summed E-state index contributed by atoms with van der Waals surface area (Å²) in [5, 5.41) is 5.52. The fourth-order valence-electron chi connectivity index (χ4n) is 4.79. The molecular formula is C26H30ClN3O3. The van der Waals surface area contributed by atoms with Crippen molar-refractivity contribution in [2.24, 2.45) is 5.10 Å². The Bertz CT molecular complexity index is 1210. The average Bonchev–Trinajstić information content (AvgIpc) is 3.19. The summed E-state index contributed by atoms with van der Waals surface area (Å²) in [6, 6.07) is 11.1. The molecule has 0 fully saturated rings. The largest absolute Gasteiger partial charge is 0.496 e. The van der Waals surface area contributed by atoms with Crippen molar-refractivity contribution < 1.29 is 13.9 Å². The molecule has 0 saturated heterocycles. The number of ether oxygens (including phenoxy) is 1. The second kappa shape index (κ2) is 9.10. The number of nitrogens with zero attached hydrogens (tertiary/aromatic N) is 2. The van der Waals surface area contributed by atoms with E-state index in [1.165, 1.54) is 11.3 Å². The molecule has 1 amide bonds. The van der Waals surface area contributed by atoms with Crippen LogP contribution in [-0.2, 0) is 0 Å². The molecule has 1 N–H and O–H groups in total. The van der Waals surface area contributed by atoms with E-state index in [1.807, 2.05) is 0 Å². The van der Waals surface area contributed by atoms with Gasteiger partial charge in [-0.1, -0.05) is 25.4 Å². The Morgan fingerprint density at radius 2 is 2.12 bits per heavy atom. The van der Waals surface area contributed by atoms with Crippen molar-refractivity contribution in [2.75, 3.05) is 18.6 Å². The zero-order valence-corrected chi connectivity index (χ0v) is 20.5. The van der Waals surface area contributed by atoms with Gasteiger partial charge in [0.25, 0.3) is 0 Å². The summed E-state index contributed by atoms with van der Waals surface area (Å²) in [5.41, 5.74) is 6.51. The van der Waals surface area contributed by atoms with Crippen molar-refractivity contribution in [1.82, 2.24) is 5.43 Å². The number of anilines is 1. The number of furan rings is 1. The van der Waals surface area contributed by atoms with Gasteiger partial charge in [-0.2, -0.15) is 5.10 Å². The first-order valence-corrected chi connectivity index (χ1v) is 11.6. The minimum absolute atomic E-state index is 0.0772. The first-order valence-electron chi connectivity index (χ1n) is 11.3. The summed E-state index contributed by atoms with van der Waals surface area (Å²) >= 11 is 6.01. The zero-order chi connectivity index (χ0) is 23.8. The number of nitrogens with one attached hydrogen (secondary N) is 1. The number of amides is 1. The molecule has 6 nitrogen and oxygen atoms in total. The third-order valence-electron chi connectivity index (χ3n) is 6.26. The summed E-state index contributed by atoms with van der Waals surface area (Å²) in [6.07, 6.45) is 3.76. The summed E-state index contributed by atoms with van der Waals surface area (Å²) in [7, 11) is 1.65. The van der Waals surface area contributed by atoms with Crippen molar-refractivity contribution in [1.29, 1.82) is 0 Å². The summed E-state index contributed by atoms with van der Waals surface area (Å²) in [6.45, 7) is 10.0. The van der Waals surface area contributed by atoms with Crippen LogP contribution in [-0.4, -0.2) is 31.3 Å². The van der Waals surface area contributed by atoms with Gasteiger partial charge < -0.3 is 14.1 Å². The second-order valence-corrected chi connectivity index (χ2v) is 9.65. The van der Waals surface area contributed by atoms with Crippen LogP contribution < -0.4 is 15.1 Å².